The second-order valence-corrected chi connectivity index (χ2v) is 5.13. The zero-order chi connectivity index (χ0) is 9.19. The predicted octanol–water partition coefficient (Wildman–Crippen LogP) is -0.161. The molecule has 0 bridgehead atoms. The lowest BCUT2D eigenvalue weighted by Gasteiger charge is -2.27. The van der Waals surface area contributed by atoms with E-state index in [2.05, 4.69) is 4.72 Å². The molecule has 0 aromatic rings. The maximum absolute atomic E-state index is 10.8. The molecule has 0 spiro atoms. The van der Waals surface area contributed by atoms with Crippen LogP contribution in [0.1, 0.15) is 25.7 Å². The zero-order valence-electron chi connectivity index (χ0n) is 7.16. The van der Waals surface area contributed by atoms with Crippen molar-refractivity contribution in [3.8, 4) is 0 Å². The minimum absolute atomic E-state index is 0.270. The van der Waals surface area contributed by atoms with E-state index in [1.54, 1.807) is 0 Å². The lowest BCUT2D eigenvalue weighted by molar-refractivity contribution is 0.101. The lowest BCUT2D eigenvalue weighted by Crippen LogP contribution is -2.44. The largest absolute Gasteiger partial charge is 0.391 e. The van der Waals surface area contributed by atoms with Gasteiger partial charge in [-0.25, -0.2) is 13.1 Å². The van der Waals surface area contributed by atoms with Crippen molar-refractivity contribution in [2.45, 2.75) is 37.8 Å². The van der Waals surface area contributed by atoms with E-state index in [-0.39, 0.29) is 6.04 Å². The molecule has 0 aromatic carbocycles. The van der Waals surface area contributed by atoms with Crippen LogP contribution in [0, 0.1) is 0 Å². The Morgan fingerprint density at radius 1 is 1.33 bits per heavy atom. The highest BCUT2D eigenvalue weighted by molar-refractivity contribution is 7.88. The molecule has 1 saturated carbocycles. The Balaban J connectivity index is 2.50. The number of aliphatic hydroxyl groups is 1. The molecule has 0 aliphatic heterocycles. The second kappa shape index (κ2) is 3.72. The molecule has 0 unspecified atom stereocenters. The third-order valence-corrected chi connectivity index (χ3v) is 2.83. The molecule has 0 radical (unpaired) electrons. The molecule has 1 fully saturated rings. The molecule has 12 heavy (non-hydrogen) atoms. The highest BCUT2D eigenvalue weighted by atomic mass is 32.2. The topological polar surface area (TPSA) is 66.4 Å². The Kier molecular flexibility index (Phi) is 3.09. The van der Waals surface area contributed by atoms with Crippen LogP contribution < -0.4 is 4.72 Å². The van der Waals surface area contributed by atoms with Gasteiger partial charge in [0, 0.05) is 6.04 Å². The third kappa shape index (κ3) is 3.08. The van der Waals surface area contributed by atoms with E-state index < -0.39 is 16.1 Å². The first kappa shape index (κ1) is 9.95. The molecule has 1 aliphatic rings. The summed E-state index contributed by atoms with van der Waals surface area (Å²) in [5.74, 6) is 0. The van der Waals surface area contributed by atoms with Gasteiger partial charge in [0.15, 0.2) is 0 Å². The maximum Gasteiger partial charge on any atom is 0.209 e. The molecule has 4 nitrogen and oxygen atoms in total. The summed E-state index contributed by atoms with van der Waals surface area (Å²) in [6.07, 6.45) is 4.04. The van der Waals surface area contributed by atoms with Crippen LogP contribution in [-0.4, -0.2) is 31.9 Å². The summed E-state index contributed by atoms with van der Waals surface area (Å²) >= 11 is 0. The Hall–Kier alpha value is -0.130. The van der Waals surface area contributed by atoms with Gasteiger partial charge in [-0.1, -0.05) is 12.8 Å². The Labute approximate surface area is 73.0 Å². The summed E-state index contributed by atoms with van der Waals surface area (Å²) in [6, 6.07) is -0.270. The van der Waals surface area contributed by atoms with Crippen LogP contribution in [0.2, 0.25) is 0 Å². The van der Waals surface area contributed by atoms with Crippen molar-refractivity contribution >= 4 is 10.0 Å². The third-order valence-electron chi connectivity index (χ3n) is 2.09. The van der Waals surface area contributed by atoms with E-state index in [1.165, 1.54) is 0 Å². The summed E-state index contributed by atoms with van der Waals surface area (Å²) in [7, 11) is -3.17. The van der Waals surface area contributed by atoms with Crippen molar-refractivity contribution in [2.75, 3.05) is 6.26 Å². The monoisotopic (exact) mass is 193 g/mol. The van der Waals surface area contributed by atoms with Gasteiger partial charge >= 0.3 is 0 Å². The summed E-state index contributed by atoms with van der Waals surface area (Å²) < 4.78 is 24.1. The van der Waals surface area contributed by atoms with Crippen LogP contribution in [0.3, 0.4) is 0 Å². The molecule has 1 aliphatic carbocycles. The first-order valence-electron chi connectivity index (χ1n) is 4.14. The SMILES string of the molecule is CS(=O)(=O)N[C@@H]1CCCC[C@H]1O. The highest BCUT2D eigenvalue weighted by Gasteiger charge is 2.25. The molecule has 5 heteroatoms. The number of aliphatic hydroxyl groups excluding tert-OH is 1. The molecule has 0 amide bonds. The van der Waals surface area contributed by atoms with Crippen molar-refractivity contribution in [1.82, 2.24) is 4.72 Å². The van der Waals surface area contributed by atoms with Gasteiger partial charge in [0.05, 0.1) is 12.4 Å². The van der Waals surface area contributed by atoms with Gasteiger partial charge in [0.25, 0.3) is 0 Å². The minimum Gasteiger partial charge on any atom is -0.391 e. The molecule has 1 rings (SSSR count). The average molecular weight is 193 g/mol. The van der Waals surface area contributed by atoms with E-state index in [4.69, 9.17) is 0 Å². The molecule has 72 valence electrons. The zero-order valence-corrected chi connectivity index (χ0v) is 7.97. The van der Waals surface area contributed by atoms with Gasteiger partial charge in [0.1, 0.15) is 0 Å². The summed E-state index contributed by atoms with van der Waals surface area (Å²) in [5.41, 5.74) is 0. The van der Waals surface area contributed by atoms with Gasteiger partial charge in [-0.3, -0.25) is 0 Å². The smallest absolute Gasteiger partial charge is 0.209 e. The summed E-state index contributed by atoms with van der Waals surface area (Å²) in [6.45, 7) is 0. The molecular formula is C7H15NO3S. The van der Waals surface area contributed by atoms with E-state index in [0.29, 0.717) is 6.42 Å². The van der Waals surface area contributed by atoms with E-state index in [9.17, 15) is 13.5 Å². The summed E-state index contributed by atoms with van der Waals surface area (Å²) in [5, 5.41) is 9.41. The van der Waals surface area contributed by atoms with E-state index in [0.717, 1.165) is 25.5 Å². The van der Waals surface area contributed by atoms with Crippen LogP contribution in [-0.2, 0) is 10.0 Å². The normalized spacial score (nSPS) is 31.8. The standard InChI is InChI=1S/C7H15NO3S/c1-12(10,11)8-6-4-2-3-5-7(6)9/h6-9H,2-5H2,1H3/t6-,7-/m1/s1. The molecule has 0 heterocycles. The van der Waals surface area contributed by atoms with Crippen molar-refractivity contribution < 1.29 is 13.5 Å². The molecule has 2 N–H and O–H groups in total. The lowest BCUT2D eigenvalue weighted by atomic mass is 9.93. The van der Waals surface area contributed by atoms with Crippen molar-refractivity contribution in [3.05, 3.63) is 0 Å². The fourth-order valence-electron chi connectivity index (χ4n) is 1.52. The van der Waals surface area contributed by atoms with Crippen molar-refractivity contribution in [3.63, 3.8) is 0 Å². The first-order chi connectivity index (χ1) is 5.49. The second-order valence-electron chi connectivity index (χ2n) is 3.35. The number of rotatable bonds is 2. The number of hydrogen-bond acceptors (Lipinski definition) is 3. The predicted molar refractivity (Wildman–Crippen MR) is 46.2 cm³/mol. The molecular weight excluding hydrogens is 178 g/mol. The Morgan fingerprint density at radius 2 is 1.92 bits per heavy atom. The van der Waals surface area contributed by atoms with Crippen molar-refractivity contribution in [2.24, 2.45) is 0 Å². The molecule has 2 atom stereocenters. The fraction of sp³-hybridized carbons (Fsp3) is 1.00. The molecule has 0 aromatic heterocycles. The van der Waals surface area contributed by atoms with Gasteiger partial charge < -0.3 is 5.11 Å². The van der Waals surface area contributed by atoms with Gasteiger partial charge in [-0.05, 0) is 12.8 Å². The number of hydrogen-bond donors (Lipinski definition) is 2. The van der Waals surface area contributed by atoms with Gasteiger partial charge in [-0.2, -0.15) is 0 Å². The Morgan fingerprint density at radius 3 is 2.42 bits per heavy atom. The van der Waals surface area contributed by atoms with E-state index >= 15 is 0 Å². The van der Waals surface area contributed by atoms with Crippen molar-refractivity contribution in [1.29, 1.82) is 0 Å². The Bertz CT molecular complexity index is 237. The van der Waals surface area contributed by atoms with Gasteiger partial charge in [-0.15, -0.1) is 0 Å². The van der Waals surface area contributed by atoms with E-state index in [1.807, 2.05) is 0 Å². The van der Waals surface area contributed by atoms with Gasteiger partial charge in [0.2, 0.25) is 10.0 Å². The summed E-state index contributed by atoms with van der Waals surface area (Å²) in [4.78, 5) is 0. The highest BCUT2D eigenvalue weighted by Crippen LogP contribution is 2.18. The van der Waals surface area contributed by atoms with Crippen LogP contribution >= 0.6 is 0 Å². The first-order valence-corrected chi connectivity index (χ1v) is 6.03. The number of nitrogens with one attached hydrogen (secondary N) is 1. The van der Waals surface area contributed by atoms with Crippen LogP contribution in [0.15, 0.2) is 0 Å². The number of sulfonamides is 1. The average Bonchev–Trinajstić information content (AvgIpc) is 1.91. The van der Waals surface area contributed by atoms with Crippen LogP contribution in [0.4, 0.5) is 0 Å². The fourth-order valence-corrected chi connectivity index (χ4v) is 2.35. The maximum atomic E-state index is 10.8. The van der Waals surface area contributed by atoms with Crippen LogP contribution in [0.25, 0.3) is 0 Å². The quantitative estimate of drug-likeness (QED) is 0.640. The molecule has 0 saturated heterocycles. The van der Waals surface area contributed by atoms with Crippen LogP contribution in [0.5, 0.6) is 0 Å². The minimum atomic E-state index is -3.17.